The molecular formula is C20H20N4O2. The monoisotopic (exact) mass is 348 g/mol. The third kappa shape index (κ3) is 3.59. The average molecular weight is 348 g/mol. The van der Waals surface area contributed by atoms with Gasteiger partial charge in [-0.2, -0.15) is 0 Å². The van der Waals surface area contributed by atoms with Crippen molar-refractivity contribution in [2.75, 3.05) is 11.1 Å². The number of hydrogen-bond acceptors (Lipinski definition) is 5. The first-order valence-electron chi connectivity index (χ1n) is 8.75. The van der Waals surface area contributed by atoms with Gasteiger partial charge in [-0.25, -0.2) is 4.98 Å². The summed E-state index contributed by atoms with van der Waals surface area (Å²) in [7, 11) is 0. The van der Waals surface area contributed by atoms with Crippen molar-refractivity contribution in [1.82, 2.24) is 10.1 Å². The number of aromatic nitrogens is 2. The fraction of sp³-hybridized carbons (Fsp3) is 0.250. The lowest BCUT2D eigenvalue weighted by molar-refractivity contribution is -0.115. The van der Waals surface area contributed by atoms with Gasteiger partial charge in [0.1, 0.15) is 5.82 Å². The lowest BCUT2D eigenvalue weighted by atomic mass is 9.83. The van der Waals surface area contributed by atoms with E-state index in [4.69, 9.17) is 10.3 Å². The second-order valence-corrected chi connectivity index (χ2v) is 6.64. The minimum Gasteiger partial charge on any atom is -0.384 e. The lowest BCUT2D eigenvalue weighted by Crippen LogP contribution is -2.14. The van der Waals surface area contributed by atoms with Crippen LogP contribution in [0.5, 0.6) is 0 Å². The number of carbonyl (C=O) groups excluding carboxylic acids is 1. The van der Waals surface area contributed by atoms with Crippen LogP contribution >= 0.6 is 0 Å². The summed E-state index contributed by atoms with van der Waals surface area (Å²) >= 11 is 0. The fourth-order valence-electron chi connectivity index (χ4n) is 3.00. The Bertz CT molecular complexity index is 896. The fourth-order valence-corrected chi connectivity index (χ4v) is 3.00. The molecule has 6 nitrogen and oxygen atoms in total. The molecule has 1 aliphatic carbocycles. The van der Waals surface area contributed by atoms with Gasteiger partial charge in [0.25, 0.3) is 0 Å². The molecule has 1 aromatic carbocycles. The van der Waals surface area contributed by atoms with Gasteiger partial charge in [0.15, 0.2) is 0 Å². The number of benzene rings is 1. The molecule has 0 radical (unpaired) electrons. The first kappa shape index (κ1) is 16.3. The number of carbonyl (C=O) groups is 1. The number of hydrogen-bond donors (Lipinski definition) is 2. The number of rotatable bonds is 5. The normalized spacial score (nSPS) is 14.0. The van der Waals surface area contributed by atoms with Crippen molar-refractivity contribution >= 4 is 17.6 Å². The van der Waals surface area contributed by atoms with Gasteiger partial charge in [0.05, 0.1) is 12.1 Å². The Labute approximate surface area is 151 Å². The van der Waals surface area contributed by atoms with Gasteiger partial charge in [-0.05, 0) is 36.1 Å². The van der Waals surface area contributed by atoms with Crippen LogP contribution in [0.15, 0.2) is 53.2 Å². The smallest absolute Gasteiger partial charge is 0.231 e. The first-order valence-corrected chi connectivity index (χ1v) is 8.75. The molecule has 1 fully saturated rings. The van der Waals surface area contributed by atoms with Crippen molar-refractivity contribution in [2.24, 2.45) is 0 Å². The van der Waals surface area contributed by atoms with E-state index in [9.17, 15) is 4.79 Å². The van der Waals surface area contributed by atoms with E-state index in [1.54, 1.807) is 12.3 Å². The molecule has 2 heterocycles. The van der Waals surface area contributed by atoms with Gasteiger partial charge in [0.2, 0.25) is 11.8 Å². The van der Waals surface area contributed by atoms with Gasteiger partial charge in [-0.1, -0.05) is 35.8 Å². The molecule has 2 aromatic heterocycles. The third-order valence-corrected chi connectivity index (χ3v) is 4.75. The van der Waals surface area contributed by atoms with Crippen molar-refractivity contribution in [3.8, 4) is 11.1 Å². The van der Waals surface area contributed by atoms with Crippen molar-refractivity contribution in [1.29, 1.82) is 0 Å². The number of pyridine rings is 1. The molecule has 132 valence electrons. The van der Waals surface area contributed by atoms with Crippen molar-refractivity contribution < 1.29 is 9.32 Å². The maximum absolute atomic E-state index is 12.2. The van der Waals surface area contributed by atoms with E-state index in [2.05, 4.69) is 15.5 Å². The van der Waals surface area contributed by atoms with Crippen LogP contribution in [-0.4, -0.2) is 16.0 Å². The van der Waals surface area contributed by atoms with Gasteiger partial charge >= 0.3 is 0 Å². The van der Waals surface area contributed by atoms with Crippen molar-refractivity contribution in [3.63, 3.8) is 0 Å². The summed E-state index contributed by atoms with van der Waals surface area (Å²) < 4.78 is 5.22. The standard InChI is InChI=1S/C20H20N4O2/c21-18-9-8-16(12-22-18)14-6-4-13(5-7-14)10-19(25)23-20-11-17(24-26-20)15-2-1-3-15/h4-9,11-12,15H,1-3,10H2,(H2,21,22)(H,23,25). The zero-order valence-corrected chi connectivity index (χ0v) is 14.3. The van der Waals surface area contributed by atoms with Crippen LogP contribution in [0.3, 0.4) is 0 Å². The number of nitrogens with two attached hydrogens (primary N) is 1. The summed E-state index contributed by atoms with van der Waals surface area (Å²) in [5.74, 6) is 1.28. The highest BCUT2D eigenvalue weighted by Gasteiger charge is 2.23. The van der Waals surface area contributed by atoms with E-state index < -0.39 is 0 Å². The molecule has 0 saturated heterocycles. The summed E-state index contributed by atoms with van der Waals surface area (Å²) in [6, 6.07) is 13.3. The Morgan fingerprint density at radius 1 is 1.15 bits per heavy atom. The first-order chi connectivity index (χ1) is 12.7. The van der Waals surface area contributed by atoms with Crippen LogP contribution in [0.25, 0.3) is 11.1 Å². The van der Waals surface area contributed by atoms with E-state index in [-0.39, 0.29) is 12.3 Å². The summed E-state index contributed by atoms with van der Waals surface area (Å²) in [5.41, 5.74) is 9.49. The van der Waals surface area contributed by atoms with Gasteiger partial charge in [-0.15, -0.1) is 0 Å². The molecule has 0 spiro atoms. The van der Waals surface area contributed by atoms with Crippen LogP contribution in [0, 0.1) is 0 Å². The van der Waals surface area contributed by atoms with Crippen LogP contribution in [-0.2, 0) is 11.2 Å². The lowest BCUT2D eigenvalue weighted by Gasteiger charge is -2.22. The predicted octanol–water partition coefficient (Wildman–Crippen LogP) is 3.77. The molecule has 4 rings (SSSR count). The molecule has 6 heteroatoms. The Balaban J connectivity index is 1.36. The minimum absolute atomic E-state index is 0.122. The van der Waals surface area contributed by atoms with Crippen molar-refractivity contribution in [2.45, 2.75) is 31.6 Å². The van der Waals surface area contributed by atoms with E-state index in [0.29, 0.717) is 17.6 Å². The van der Waals surface area contributed by atoms with Crippen LogP contribution in [0.2, 0.25) is 0 Å². The van der Waals surface area contributed by atoms with Crippen LogP contribution in [0.1, 0.15) is 36.4 Å². The molecule has 1 amide bonds. The summed E-state index contributed by atoms with van der Waals surface area (Å²) in [4.78, 5) is 16.3. The largest absolute Gasteiger partial charge is 0.384 e. The van der Waals surface area contributed by atoms with E-state index in [1.807, 2.05) is 36.4 Å². The number of nitrogens with one attached hydrogen (secondary N) is 1. The molecule has 26 heavy (non-hydrogen) atoms. The number of anilines is 2. The highest BCUT2D eigenvalue weighted by Crippen LogP contribution is 2.36. The average Bonchev–Trinajstić information content (AvgIpc) is 3.02. The summed E-state index contributed by atoms with van der Waals surface area (Å²) in [6.07, 6.45) is 5.55. The van der Waals surface area contributed by atoms with Crippen molar-refractivity contribution in [3.05, 3.63) is 59.9 Å². The maximum Gasteiger partial charge on any atom is 0.231 e. The van der Waals surface area contributed by atoms with Crippen LogP contribution < -0.4 is 11.1 Å². The SMILES string of the molecule is Nc1ccc(-c2ccc(CC(=O)Nc3cc(C4CCC4)no3)cc2)cn1. The van der Waals surface area contributed by atoms with Crippen LogP contribution in [0.4, 0.5) is 11.7 Å². The topological polar surface area (TPSA) is 94.0 Å². The Hall–Kier alpha value is -3.15. The maximum atomic E-state index is 12.2. The molecule has 1 saturated carbocycles. The Morgan fingerprint density at radius 3 is 2.58 bits per heavy atom. The van der Waals surface area contributed by atoms with Gasteiger partial charge in [-0.3, -0.25) is 10.1 Å². The Kier molecular flexibility index (Phi) is 4.39. The summed E-state index contributed by atoms with van der Waals surface area (Å²) in [5, 5.41) is 6.82. The highest BCUT2D eigenvalue weighted by atomic mass is 16.5. The molecule has 3 N–H and O–H groups in total. The molecule has 0 atom stereocenters. The molecule has 3 aromatic rings. The van der Waals surface area contributed by atoms with E-state index >= 15 is 0 Å². The minimum atomic E-state index is -0.122. The van der Waals surface area contributed by atoms with Gasteiger partial charge < -0.3 is 10.3 Å². The van der Waals surface area contributed by atoms with Gasteiger partial charge in [0, 0.05) is 23.7 Å². The summed E-state index contributed by atoms with van der Waals surface area (Å²) in [6.45, 7) is 0. The second-order valence-electron chi connectivity index (χ2n) is 6.64. The number of amides is 1. The molecule has 0 unspecified atom stereocenters. The molecule has 1 aliphatic rings. The quantitative estimate of drug-likeness (QED) is 0.732. The van der Waals surface area contributed by atoms with E-state index in [1.165, 1.54) is 6.42 Å². The zero-order valence-electron chi connectivity index (χ0n) is 14.3. The van der Waals surface area contributed by atoms with E-state index in [0.717, 1.165) is 35.2 Å². The molecule has 0 bridgehead atoms. The Morgan fingerprint density at radius 2 is 1.92 bits per heavy atom. The second kappa shape index (κ2) is 7.00. The highest BCUT2D eigenvalue weighted by molar-refractivity contribution is 5.91. The third-order valence-electron chi connectivity index (χ3n) is 4.75. The number of nitrogens with zero attached hydrogens (tertiary/aromatic N) is 2. The zero-order chi connectivity index (χ0) is 17.9. The predicted molar refractivity (Wildman–Crippen MR) is 99.5 cm³/mol. The number of nitrogen functional groups attached to an aromatic ring is 1. The molecule has 0 aliphatic heterocycles. The molecular weight excluding hydrogens is 328 g/mol.